The number of nitrogens with one attached hydrogen (secondary N) is 1. The van der Waals surface area contributed by atoms with Crippen molar-refractivity contribution < 1.29 is 8.42 Å². The summed E-state index contributed by atoms with van der Waals surface area (Å²) in [5, 5.41) is 1.72. The third-order valence-corrected chi connectivity index (χ3v) is 6.24. The molecule has 0 radical (unpaired) electrons. The van der Waals surface area contributed by atoms with Gasteiger partial charge in [0, 0.05) is 23.9 Å². The van der Waals surface area contributed by atoms with E-state index in [1.165, 1.54) is 11.3 Å². The van der Waals surface area contributed by atoms with Crippen LogP contribution < -0.4 is 4.72 Å². The number of sulfonamides is 1. The zero-order chi connectivity index (χ0) is 12.5. The molecule has 5 nitrogen and oxygen atoms in total. The second kappa shape index (κ2) is 4.89. The molecule has 0 saturated heterocycles. The van der Waals surface area contributed by atoms with Crippen molar-refractivity contribution in [3.8, 4) is 0 Å². The average Bonchev–Trinajstić information content (AvgIpc) is 2.85. The number of rotatable bonds is 4. The highest BCUT2D eigenvalue weighted by atomic mass is 79.9. The molecular formula is C9H10BrN3O2S2. The first kappa shape index (κ1) is 12.7. The summed E-state index contributed by atoms with van der Waals surface area (Å²) in [5.41, 5.74) is 0. The van der Waals surface area contributed by atoms with Crippen LogP contribution in [-0.4, -0.2) is 18.0 Å². The second-order valence-electron chi connectivity index (χ2n) is 3.33. The normalized spacial score (nSPS) is 11.9. The first-order valence-corrected chi connectivity index (χ1v) is 7.85. The standard InChI is InChI=1S/C9H10BrN3O2S2/c1-13-4-3-11-8(13)6-12-17(14,15)9-7(10)2-5-16-9/h2-5,12H,6H2,1H3. The molecule has 0 amide bonds. The quantitative estimate of drug-likeness (QED) is 0.925. The molecule has 1 N–H and O–H groups in total. The Balaban J connectivity index is 2.15. The second-order valence-corrected chi connectivity index (χ2v) is 7.07. The van der Waals surface area contributed by atoms with Gasteiger partial charge in [-0.3, -0.25) is 0 Å². The monoisotopic (exact) mass is 335 g/mol. The molecule has 0 unspecified atom stereocenters. The van der Waals surface area contributed by atoms with E-state index in [-0.39, 0.29) is 10.8 Å². The van der Waals surface area contributed by atoms with Gasteiger partial charge in [-0.15, -0.1) is 11.3 Å². The van der Waals surface area contributed by atoms with E-state index in [0.29, 0.717) is 10.3 Å². The van der Waals surface area contributed by atoms with Gasteiger partial charge in [0.05, 0.1) is 6.54 Å². The van der Waals surface area contributed by atoms with Crippen molar-refractivity contribution >= 4 is 37.3 Å². The molecule has 0 saturated carbocycles. The molecule has 0 aliphatic carbocycles. The predicted octanol–water partition coefficient (Wildman–Crippen LogP) is 1.72. The van der Waals surface area contributed by atoms with E-state index >= 15 is 0 Å². The molecule has 0 bridgehead atoms. The van der Waals surface area contributed by atoms with Crippen LogP contribution in [0.2, 0.25) is 0 Å². The summed E-state index contributed by atoms with van der Waals surface area (Å²) in [6.45, 7) is 0.177. The molecule has 0 atom stereocenters. The van der Waals surface area contributed by atoms with Crippen LogP contribution in [0.15, 0.2) is 32.5 Å². The lowest BCUT2D eigenvalue weighted by molar-refractivity contribution is 0.579. The van der Waals surface area contributed by atoms with Crippen LogP contribution in [0.1, 0.15) is 5.82 Å². The minimum absolute atomic E-state index is 0.177. The predicted molar refractivity (Wildman–Crippen MR) is 69.3 cm³/mol. The molecule has 0 aliphatic rings. The molecular weight excluding hydrogens is 326 g/mol. The number of hydrogen-bond acceptors (Lipinski definition) is 4. The van der Waals surface area contributed by atoms with Gasteiger partial charge in [0.25, 0.3) is 10.0 Å². The van der Waals surface area contributed by atoms with Crippen molar-refractivity contribution in [2.45, 2.75) is 10.8 Å². The van der Waals surface area contributed by atoms with E-state index in [4.69, 9.17) is 0 Å². The van der Waals surface area contributed by atoms with Gasteiger partial charge in [-0.05, 0) is 27.4 Å². The summed E-state index contributed by atoms with van der Waals surface area (Å²) in [6.07, 6.45) is 3.40. The van der Waals surface area contributed by atoms with Gasteiger partial charge in [0.15, 0.2) is 0 Å². The zero-order valence-electron chi connectivity index (χ0n) is 8.92. The van der Waals surface area contributed by atoms with Crippen LogP contribution in [0.4, 0.5) is 0 Å². The van der Waals surface area contributed by atoms with Crippen molar-refractivity contribution in [3.63, 3.8) is 0 Å². The molecule has 0 fully saturated rings. The summed E-state index contributed by atoms with van der Waals surface area (Å²) in [4.78, 5) is 4.05. The Hall–Kier alpha value is -0.700. The van der Waals surface area contributed by atoms with Crippen molar-refractivity contribution in [1.82, 2.24) is 14.3 Å². The minimum atomic E-state index is -3.47. The van der Waals surface area contributed by atoms with E-state index in [1.807, 2.05) is 7.05 Å². The molecule has 8 heteroatoms. The van der Waals surface area contributed by atoms with Crippen LogP contribution in [0, 0.1) is 0 Å². The average molecular weight is 336 g/mol. The minimum Gasteiger partial charge on any atom is -0.337 e. The molecule has 2 heterocycles. The smallest absolute Gasteiger partial charge is 0.251 e. The van der Waals surface area contributed by atoms with Crippen LogP contribution >= 0.6 is 27.3 Å². The fourth-order valence-electron chi connectivity index (χ4n) is 1.26. The van der Waals surface area contributed by atoms with Gasteiger partial charge in [0.1, 0.15) is 10.0 Å². The molecule has 0 aromatic carbocycles. The van der Waals surface area contributed by atoms with Gasteiger partial charge < -0.3 is 4.57 Å². The number of aromatic nitrogens is 2. The molecule has 92 valence electrons. The highest BCUT2D eigenvalue weighted by Gasteiger charge is 2.19. The number of thiophene rings is 1. The summed E-state index contributed by atoms with van der Waals surface area (Å²) in [7, 11) is -1.65. The number of hydrogen-bond donors (Lipinski definition) is 1. The summed E-state index contributed by atoms with van der Waals surface area (Å²) < 4.78 is 29.1. The van der Waals surface area contributed by atoms with E-state index in [0.717, 1.165) is 0 Å². The first-order valence-electron chi connectivity index (χ1n) is 4.69. The highest BCUT2D eigenvalue weighted by molar-refractivity contribution is 9.10. The largest absolute Gasteiger partial charge is 0.337 e. The summed E-state index contributed by atoms with van der Waals surface area (Å²) in [5.74, 6) is 0.668. The van der Waals surface area contributed by atoms with E-state index < -0.39 is 10.0 Å². The van der Waals surface area contributed by atoms with Crippen LogP contribution in [0.25, 0.3) is 0 Å². The number of aryl methyl sites for hydroxylation is 1. The maximum Gasteiger partial charge on any atom is 0.251 e. The zero-order valence-corrected chi connectivity index (χ0v) is 12.1. The van der Waals surface area contributed by atoms with E-state index in [1.54, 1.807) is 28.4 Å². The summed E-state index contributed by atoms with van der Waals surface area (Å²) >= 11 is 4.38. The molecule has 2 aromatic heterocycles. The number of halogens is 1. The molecule has 0 spiro atoms. The molecule has 17 heavy (non-hydrogen) atoms. The van der Waals surface area contributed by atoms with Crippen LogP contribution in [0.3, 0.4) is 0 Å². The Morgan fingerprint density at radius 1 is 1.59 bits per heavy atom. The third kappa shape index (κ3) is 2.76. The Kier molecular flexibility index (Phi) is 3.67. The molecule has 2 rings (SSSR count). The van der Waals surface area contributed by atoms with Crippen LogP contribution in [0.5, 0.6) is 0 Å². The van der Waals surface area contributed by atoms with Gasteiger partial charge in [-0.1, -0.05) is 0 Å². The number of imidazole rings is 1. The maximum absolute atomic E-state index is 12.0. The van der Waals surface area contributed by atoms with Gasteiger partial charge >= 0.3 is 0 Å². The molecule has 2 aromatic rings. The van der Waals surface area contributed by atoms with Gasteiger partial charge in [-0.25, -0.2) is 18.1 Å². The lowest BCUT2D eigenvalue weighted by Gasteiger charge is -2.05. The third-order valence-electron chi connectivity index (χ3n) is 2.17. The maximum atomic E-state index is 12.0. The Bertz CT molecular complexity index is 618. The lowest BCUT2D eigenvalue weighted by atomic mass is 10.6. The van der Waals surface area contributed by atoms with Gasteiger partial charge in [-0.2, -0.15) is 0 Å². The lowest BCUT2D eigenvalue weighted by Crippen LogP contribution is -2.24. The van der Waals surface area contributed by atoms with Gasteiger partial charge in [0.2, 0.25) is 0 Å². The van der Waals surface area contributed by atoms with E-state index in [9.17, 15) is 8.42 Å². The van der Waals surface area contributed by atoms with Crippen molar-refractivity contribution in [3.05, 3.63) is 34.1 Å². The van der Waals surface area contributed by atoms with E-state index in [2.05, 4.69) is 25.6 Å². The Labute approximate surface area is 112 Å². The SMILES string of the molecule is Cn1ccnc1CNS(=O)(=O)c1sccc1Br. The number of nitrogens with zero attached hydrogens (tertiary/aromatic N) is 2. The fourth-order valence-corrected chi connectivity index (χ4v) is 4.62. The van der Waals surface area contributed by atoms with Crippen molar-refractivity contribution in [2.75, 3.05) is 0 Å². The van der Waals surface area contributed by atoms with Crippen LogP contribution in [-0.2, 0) is 23.6 Å². The summed E-state index contributed by atoms with van der Waals surface area (Å²) in [6, 6.07) is 1.71. The Morgan fingerprint density at radius 2 is 2.35 bits per heavy atom. The fraction of sp³-hybridized carbons (Fsp3) is 0.222. The highest BCUT2D eigenvalue weighted by Crippen LogP contribution is 2.27. The van der Waals surface area contributed by atoms with Crippen molar-refractivity contribution in [2.24, 2.45) is 7.05 Å². The Morgan fingerprint density at radius 3 is 2.88 bits per heavy atom. The topological polar surface area (TPSA) is 64.0 Å². The molecule has 0 aliphatic heterocycles. The van der Waals surface area contributed by atoms with Crippen molar-refractivity contribution in [1.29, 1.82) is 0 Å². The first-order chi connectivity index (χ1) is 8.00.